The molecule has 118 valence electrons. The lowest BCUT2D eigenvalue weighted by Gasteiger charge is -2.34. The van der Waals surface area contributed by atoms with Gasteiger partial charge in [0, 0.05) is 41.9 Å². The maximum absolute atomic E-state index is 12.8. The van der Waals surface area contributed by atoms with Gasteiger partial charge in [0.2, 0.25) is 0 Å². The van der Waals surface area contributed by atoms with Gasteiger partial charge in [-0.1, -0.05) is 0 Å². The van der Waals surface area contributed by atoms with Crippen molar-refractivity contribution in [3.05, 3.63) is 28.5 Å². The molecule has 3 rings (SSSR count). The molecule has 1 aliphatic heterocycles. The van der Waals surface area contributed by atoms with Crippen molar-refractivity contribution in [2.45, 2.75) is 6.10 Å². The van der Waals surface area contributed by atoms with Crippen molar-refractivity contribution in [3.63, 3.8) is 0 Å². The highest BCUT2D eigenvalue weighted by molar-refractivity contribution is 9.10. The van der Waals surface area contributed by atoms with Gasteiger partial charge in [0.25, 0.3) is 5.91 Å². The molecule has 1 fully saturated rings. The van der Waals surface area contributed by atoms with Gasteiger partial charge >= 0.3 is 0 Å². The lowest BCUT2D eigenvalue weighted by atomic mass is 10.1. The third-order valence-corrected chi connectivity index (χ3v) is 4.16. The van der Waals surface area contributed by atoms with Crippen molar-refractivity contribution in [2.75, 3.05) is 40.3 Å². The van der Waals surface area contributed by atoms with Crippen LogP contribution >= 0.6 is 15.9 Å². The van der Waals surface area contributed by atoms with Gasteiger partial charge in [-0.3, -0.25) is 4.79 Å². The van der Waals surface area contributed by atoms with Gasteiger partial charge in [-0.05, 0) is 36.1 Å². The van der Waals surface area contributed by atoms with E-state index < -0.39 is 0 Å². The average molecular weight is 367 g/mol. The Morgan fingerprint density at radius 3 is 3.18 bits per heavy atom. The first-order valence-electron chi connectivity index (χ1n) is 7.23. The topological polar surface area (TPSA) is 61.5 Å². The summed E-state index contributed by atoms with van der Waals surface area (Å²) in [5.74, 6) is 0.0261. The number of pyridine rings is 1. The first kappa shape index (κ1) is 15.5. The summed E-state index contributed by atoms with van der Waals surface area (Å²) in [4.78, 5) is 24.1. The molecular weight excluding hydrogens is 348 g/mol. The summed E-state index contributed by atoms with van der Waals surface area (Å²) in [5.41, 5.74) is 1.39. The molecule has 1 amide bonds. The molecule has 7 heteroatoms. The number of nitrogens with one attached hydrogen (secondary N) is 1. The van der Waals surface area contributed by atoms with Crippen LogP contribution in [-0.4, -0.2) is 72.1 Å². The molecule has 6 nitrogen and oxygen atoms in total. The zero-order valence-corrected chi connectivity index (χ0v) is 14.3. The van der Waals surface area contributed by atoms with E-state index in [1.54, 1.807) is 12.4 Å². The van der Waals surface area contributed by atoms with E-state index in [2.05, 4.69) is 30.8 Å². The molecule has 2 aromatic rings. The number of carbonyl (C=O) groups excluding carboxylic acids is 1. The first-order chi connectivity index (χ1) is 10.5. The van der Waals surface area contributed by atoms with Crippen LogP contribution < -0.4 is 0 Å². The zero-order valence-electron chi connectivity index (χ0n) is 12.7. The van der Waals surface area contributed by atoms with Crippen LogP contribution in [-0.2, 0) is 4.74 Å². The van der Waals surface area contributed by atoms with E-state index >= 15 is 0 Å². The Morgan fingerprint density at radius 1 is 1.59 bits per heavy atom. The van der Waals surface area contributed by atoms with E-state index in [0.29, 0.717) is 25.3 Å². The minimum atomic E-state index is 0.0261. The van der Waals surface area contributed by atoms with Gasteiger partial charge < -0.3 is 19.5 Å². The maximum atomic E-state index is 12.8. The molecular formula is C15H19BrN4O2. The fourth-order valence-corrected chi connectivity index (χ4v) is 3.08. The highest BCUT2D eigenvalue weighted by atomic mass is 79.9. The Bertz CT molecular complexity index is 685. The number of morpholine rings is 1. The van der Waals surface area contributed by atoms with Crippen molar-refractivity contribution >= 4 is 32.9 Å². The summed E-state index contributed by atoms with van der Waals surface area (Å²) >= 11 is 3.41. The molecule has 1 aliphatic rings. The molecule has 0 saturated carbocycles. The molecule has 0 aromatic carbocycles. The molecule has 1 atom stereocenters. The average Bonchev–Trinajstić information content (AvgIpc) is 2.89. The second kappa shape index (κ2) is 6.36. The van der Waals surface area contributed by atoms with Crippen LogP contribution in [0.25, 0.3) is 11.0 Å². The molecule has 0 bridgehead atoms. The summed E-state index contributed by atoms with van der Waals surface area (Å²) in [7, 11) is 4.01. The van der Waals surface area contributed by atoms with Crippen molar-refractivity contribution < 1.29 is 9.53 Å². The minimum absolute atomic E-state index is 0.0261. The molecule has 22 heavy (non-hydrogen) atoms. The van der Waals surface area contributed by atoms with Gasteiger partial charge in [0.1, 0.15) is 5.65 Å². The lowest BCUT2D eigenvalue weighted by molar-refractivity contribution is -0.0305. The predicted octanol–water partition coefficient (Wildman–Crippen LogP) is 1.73. The second-order valence-electron chi connectivity index (χ2n) is 5.76. The van der Waals surface area contributed by atoms with E-state index in [0.717, 1.165) is 22.1 Å². The molecule has 0 spiro atoms. The number of hydrogen-bond donors (Lipinski definition) is 1. The van der Waals surface area contributed by atoms with E-state index in [9.17, 15) is 4.79 Å². The van der Waals surface area contributed by atoms with Gasteiger partial charge in [-0.25, -0.2) is 4.98 Å². The number of ether oxygens (including phenoxy) is 1. The van der Waals surface area contributed by atoms with E-state index in [-0.39, 0.29) is 12.0 Å². The van der Waals surface area contributed by atoms with E-state index in [4.69, 9.17) is 4.74 Å². The predicted molar refractivity (Wildman–Crippen MR) is 88.0 cm³/mol. The van der Waals surface area contributed by atoms with Gasteiger partial charge in [0.05, 0.1) is 18.3 Å². The number of hydrogen-bond acceptors (Lipinski definition) is 4. The van der Waals surface area contributed by atoms with Crippen LogP contribution in [0.4, 0.5) is 0 Å². The molecule has 0 radical (unpaired) electrons. The third-order valence-electron chi connectivity index (χ3n) is 3.72. The SMILES string of the molecule is CN(C)CC1CN(C(=O)c2c[nH]c3ncc(Br)cc23)CCO1. The van der Waals surface area contributed by atoms with Crippen LogP contribution in [0.2, 0.25) is 0 Å². The van der Waals surface area contributed by atoms with Gasteiger partial charge in [-0.15, -0.1) is 0 Å². The number of nitrogens with zero attached hydrogens (tertiary/aromatic N) is 3. The monoisotopic (exact) mass is 366 g/mol. The number of likely N-dealkylation sites (N-methyl/N-ethyl adjacent to an activating group) is 1. The lowest BCUT2D eigenvalue weighted by Crippen LogP contribution is -2.48. The smallest absolute Gasteiger partial charge is 0.256 e. The van der Waals surface area contributed by atoms with E-state index in [1.165, 1.54) is 0 Å². The van der Waals surface area contributed by atoms with Crippen LogP contribution in [0.15, 0.2) is 22.9 Å². The number of rotatable bonds is 3. The van der Waals surface area contributed by atoms with Crippen molar-refractivity contribution in [3.8, 4) is 0 Å². The Morgan fingerprint density at radius 2 is 2.41 bits per heavy atom. The summed E-state index contributed by atoms with van der Waals surface area (Å²) in [6.07, 6.45) is 3.51. The normalized spacial score (nSPS) is 19.1. The largest absolute Gasteiger partial charge is 0.373 e. The molecule has 0 aliphatic carbocycles. The number of amides is 1. The summed E-state index contributed by atoms with van der Waals surface area (Å²) in [6.45, 7) is 2.63. The van der Waals surface area contributed by atoms with Crippen molar-refractivity contribution in [1.29, 1.82) is 0 Å². The van der Waals surface area contributed by atoms with Gasteiger partial charge in [0.15, 0.2) is 0 Å². The second-order valence-corrected chi connectivity index (χ2v) is 6.67. The number of halogens is 1. The minimum Gasteiger partial charge on any atom is -0.373 e. The van der Waals surface area contributed by atoms with Crippen LogP contribution in [0.3, 0.4) is 0 Å². The summed E-state index contributed by atoms with van der Waals surface area (Å²) < 4.78 is 6.59. The number of H-pyrrole nitrogens is 1. The standard InChI is InChI=1S/C15H19BrN4O2/c1-19(2)8-11-9-20(3-4-22-11)15(21)13-7-18-14-12(13)5-10(16)6-17-14/h5-7,11H,3-4,8-9H2,1-2H3,(H,17,18). The molecule has 1 N–H and O–H groups in total. The Hall–Kier alpha value is -1.44. The highest BCUT2D eigenvalue weighted by Crippen LogP contribution is 2.22. The molecule has 1 saturated heterocycles. The van der Waals surface area contributed by atoms with Crippen LogP contribution in [0, 0.1) is 0 Å². The fourth-order valence-electron chi connectivity index (χ4n) is 2.75. The van der Waals surface area contributed by atoms with Crippen molar-refractivity contribution in [2.24, 2.45) is 0 Å². The van der Waals surface area contributed by atoms with Gasteiger partial charge in [-0.2, -0.15) is 0 Å². The van der Waals surface area contributed by atoms with Crippen LogP contribution in [0.1, 0.15) is 10.4 Å². The fraction of sp³-hybridized carbons (Fsp3) is 0.467. The Kier molecular flexibility index (Phi) is 4.46. The Balaban J connectivity index is 1.81. The maximum Gasteiger partial charge on any atom is 0.256 e. The zero-order chi connectivity index (χ0) is 15.7. The quantitative estimate of drug-likeness (QED) is 0.898. The van der Waals surface area contributed by atoms with Crippen molar-refractivity contribution in [1.82, 2.24) is 19.8 Å². The molecule has 1 unspecified atom stereocenters. The molecule has 3 heterocycles. The summed E-state index contributed by atoms with van der Waals surface area (Å²) in [5, 5.41) is 0.843. The number of fused-ring (bicyclic) bond motifs is 1. The number of carbonyl (C=O) groups is 1. The number of aromatic nitrogens is 2. The van der Waals surface area contributed by atoms with Crippen LogP contribution in [0.5, 0.6) is 0 Å². The highest BCUT2D eigenvalue weighted by Gasteiger charge is 2.27. The summed E-state index contributed by atoms with van der Waals surface area (Å²) in [6, 6.07) is 1.92. The van der Waals surface area contributed by atoms with E-state index in [1.807, 2.05) is 25.1 Å². The Labute approximate surface area is 137 Å². The third kappa shape index (κ3) is 3.16. The number of aromatic amines is 1. The first-order valence-corrected chi connectivity index (χ1v) is 8.02. The molecule has 2 aromatic heterocycles.